The van der Waals surface area contributed by atoms with E-state index in [2.05, 4.69) is 5.32 Å². The Morgan fingerprint density at radius 3 is 2.50 bits per heavy atom. The molecule has 7 heteroatoms. The molecule has 4 nitrogen and oxygen atoms in total. The van der Waals surface area contributed by atoms with E-state index in [1.165, 1.54) is 6.07 Å². The third kappa shape index (κ3) is 2.80. The molecule has 0 amide bonds. The molecule has 1 aromatic heterocycles. The fourth-order valence-corrected chi connectivity index (χ4v) is 3.23. The number of hydrogen-bond acceptors (Lipinski definition) is 3. The molecule has 0 aliphatic heterocycles. The van der Waals surface area contributed by atoms with Gasteiger partial charge in [-0.1, -0.05) is 23.7 Å². The third-order valence-electron chi connectivity index (χ3n) is 4.60. The molecule has 1 aliphatic carbocycles. The number of nitrogens with one attached hydrogen (secondary N) is 1. The highest BCUT2D eigenvalue weighted by Gasteiger charge is 2.29. The van der Waals surface area contributed by atoms with E-state index in [0.29, 0.717) is 5.02 Å². The van der Waals surface area contributed by atoms with Crippen molar-refractivity contribution < 1.29 is 8.78 Å². The van der Waals surface area contributed by atoms with Gasteiger partial charge in [-0.3, -0.25) is 4.79 Å². The zero-order chi connectivity index (χ0) is 18.4. The molecule has 1 fully saturated rings. The fraction of sp³-hybridized carbons (Fsp3) is 0.211. The number of nitrogen functional groups attached to an aromatic ring is 1. The maximum Gasteiger partial charge on any atom is 0.191 e. The number of nitrogens with two attached hydrogens (primary N) is 1. The molecule has 134 valence electrons. The zero-order valence-electron chi connectivity index (χ0n) is 13.7. The smallest absolute Gasteiger partial charge is 0.191 e. The Morgan fingerprint density at radius 2 is 1.85 bits per heavy atom. The van der Waals surface area contributed by atoms with Crippen molar-refractivity contribution in [3.05, 3.63) is 69.0 Å². The van der Waals surface area contributed by atoms with E-state index in [1.807, 2.05) is 0 Å². The molecule has 0 unspecified atom stereocenters. The van der Waals surface area contributed by atoms with Gasteiger partial charge in [0.25, 0.3) is 0 Å². The third-order valence-corrected chi connectivity index (χ3v) is 4.86. The van der Waals surface area contributed by atoms with E-state index in [9.17, 15) is 9.18 Å². The second-order valence-corrected chi connectivity index (χ2v) is 6.88. The van der Waals surface area contributed by atoms with Crippen LogP contribution in [0.15, 0.2) is 41.3 Å². The van der Waals surface area contributed by atoms with Crippen molar-refractivity contribution in [2.75, 3.05) is 11.1 Å². The molecule has 4 rings (SSSR count). The first-order chi connectivity index (χ1) is 12.5. The van der Waals surface area contributed by atoms with Gasteiger partial charge in [-0.25, -0.2) is 8.78 Å². The topological polar surface area (TPSA) is 60.0 Å². The lowest BCUT2D eigenvalue weighted by atomic mass is 10.1. The molecule has 3 aromatic rings. The van der Waals surface area contributed by atoms with Crippen molar-refractivity contribution in [1.29, 1.82) is 0 Å². The van der Waals surface area contributed by atoms with Crippen LogP contribution in [0.25, 0.3) is 10.9 Å². The van der Waals surface area contributed by atoms with Crippen LogP contribution < -0.4 is 16.5 Å². The van der Waals surface area contributed by atoms with Crippen molar-refractivity contribution in [3.8, 4) is 0 Å². The van der Waals surface area contributed by atoms with E-state index < -0.39 is 17.1 Å². The van der Waals surface area contributed by atoms with E-state index in [-0.39, 0.29) is 34.9 Å². The van der Waals surface area contributed by atoms with Crippen molar-refractivity contribution in [2.24, 2.45) is 0 Å². The molecular formula is C19H16ClF2N3O. The largest absolute Gasteiger partial charge is 0.396 e. The van der Waals surface area contributed by atoms with Crippen LogP contribution in [0.2, 0.25) is 5.02 Å². The molecule has 0 spiro atoms. The first-order valence-corrected chi connectivity index (χ1v) is 8.64. The number of nitrogens with zero attached hydrogens (tertiary/aromatic N) is 1. The molecule has 0 saturated heterocycles. The molecule has 0 atom stereocenters. The lowest BCUT2D eigenvalue weighted by molar-refractivity contribution is 0.590. The van der Waals surface area contributed by atoms with Crippen LogP contribution in [0, 0.1) is 11.6 Å². The molecule has 0 radical (unpaired) electrons. The quantitative estimate of drug-likeness (QED) is 0.662. The number of fused-ring (bicyclic) bond motifs is 1. The van der Waals surface area contributed by atoms with Gasteiger partial charge in [-0.2, -0.15) is 0 Å². The summed E-state index contributed by atoms with van der Waals surface area (Å²) in [5, 5.41) is 3.24. The summed E-state index contributed by atoms with van der Waals surface area (Å²) in [4.78, 5) is 12.2. The minimum Gasteiger partial charge on any atom is -0.396 e. The summed E-state index contributed by atoms with van der Waals surface area (Å²) in [5.74, 6) is -1.75. The second-order valence-electron chi connectivity index (χ2n) is 6.44. The summed E-state index contributed by atoms with van der Waals surface area (Å²) in [6, 6.07) is 8.33. The number of benzene rings is 2. The van der Waals surface area contributed by atoms with Gasteiger partial charge < -0.3 is 15.6 Å². The Kier molecular flexibility index (Phi) is 4.07. The van der Waals surface area contributed by atoms with Crippen LogP contribution in [0.5, 0.6) is 0 Å². The Morgan fingerprint density at radius 1 is 1.15 bits per heavy atom. The summed E-state index contributed by atoms with van der Waals surface area (Å²) < 4.78 is 31.5. The lowest BCUT2D eigenvalue weighted by Crippen LogP contribution is -2.15. The predicted octanol–water partition coefficient (Wildman–Crippen LogP) is 4.46. The molecule has 1 saturated carbocycles. The summed E-state index contributed by atoms with van der Waals surface area (Å²) >= 11 is 5.84. The van der Waals surface area contributed by atoms with Crippen molar-refractivity contribution in [3.63, 3.8) is 0 Å². The summed E-state index contributed by atoms with van der Waals surface area (Å²) in [6.07, 6.45) is 3.33. The molecule has 0 bridgehead atoms. The van der Waals surface area contributed by atoms with E-state index in [0.717, 1.165) is 18.4 Å². The summed E-state index contributed by atoms with van der Waals surface area (Å²) in [7, 11) is 0. The maximum atomic E-state index is 15.2. The van der Waals surface area contributed by atoms with Crippen LogP contribution in [0.4, 0.5) is 20.2 Å². The first-order valence-electron chi connectivity index (χ1n) is 8.27. The van der Waals surface area contributed by atoms with Gasteiger partial charge >= 0.3 is 0 Å². The van der Waals surface area contributed by atoms with E-state index >= 15 is 4.39 Å². The average Bonchev–Trinajstić information content (AvgIpc) is 3.46. The SMILES string of the molecule is Nc1c(F)c(NCc2ccc(Cl)cc2)c(F)c2c1c(=O)ccn2C1CC1. The minimum atomic E-state index is -0.949. The van der Waals surface area contributed by atoms with Crippen molar-refractivity contribution in [1.82, 2.24) is 4.57 Å². The number of rotatable bonds is 4. The maximum absolute atomic E-state index is 15.2. The summed E-state index contributed by atoms with van der Waals surface area (Å²) in [6.45, 7) is 0.191. The van der Waals surface area contributed by atoms with Crippen LogP contribution >= 0.6 is 11.6 Å². The van der Waals surface area contributed by atoms with Crippen LogP contribution in [0.1, 0.15) is 24.4 Å². The Hall–Kier alpha value is -2.60. The molecule has 1 aliphatic rings. The van der Waals surface area contributed by atoms with Crippen LogP contribution in [-0.2, 0) is 6.54 Å². The molecule has 26 heavy (non-hydrogen) atoms. The van der Waals surface area contributed by atoms with Gasteiger partial charge in [-0.05, 0) is 30.5 Å². The second kappa shape index (κ2) is 6.29. The van der Waals surface area contributed by atoms with E-state index in [1.54, 1.807) is 35.0 Å². The summed E-state index contributed by atoms with van der Waals surface area (Å²) in [5.41, 5.74) is 5.56. The van der Waals surface area contributed by atoms with Gasteiger partial charge in [0.05, 0.1) is 16.6 Å². The normalized spacial score (nSPS) is 14.0. The molecular weight excluding hydrogens is 360 g/mol. The minimum absolute atomic E-state index is 0.0532. The Balaban J connectivity index is 1.83. The first kappa shape index (κ1) is 16.8. The number of pyridine rings is 1. The van der Waals surface area contributed by atoms with Crippen molar-refractivity contribution >= 4 is 33.9 Å². The number of hydrogen-bond donors (Lipinski definition) is 2. The van der Waals surface area contributed by atoms with Crippen molar-refractivity contribution in [2.45, 2.75) is 25.4 Å². The lowest BCUT2D eigenvalue weighted by Gasteiger charge is -2.17. The number of halogens is 3. The average molecular weight is 376 g/mol. The van der Waals surface area contributed by atoms with Crippen LogP contribution in [0.3, 0.4) is 0 Å². The molecule has 3 N–H and O–H groups in total. The molecule has 1 heterocycles. The highest BCUT2D eigenvalue weighted by atomic mass is 35.5. The van der Waals surface area contributed by atoms with Crippen LogP contribution in [-0.4, -0.2) is 4.57 Å². The highest BCUT2D eigenvalue weighted by Crippen LogP contribution is 2.40. The number of aromatic nitrogens is 1. The fourth-order valence-electron chi connectivity index (χ4n) is 3.10. The highest BCUT2D eigenvalue weighted by molar-refractivity contribution is 6.30. The van der Waals surface area contributed by atoms with Gasteiger partial charge in [0.2, 0.25) is 0 Å². The van der Waals surface area contributed by atoms with Gasteiger partial charge in [-0.15, -0.1) is 0 Å². The Bertz CT molecular complexity index is 1060. The number of anilines is 2. The van der Waals surface area contributed by atoms with E-state index in [4.69, 9.17) is 17.3 Å². The van der Waals surface area contributed by atoms with Gasteiger partial charge in [0, 0.05) is 29.9 Å². The van der Waals surface area contributed by atoms with Gasteiger partial charge in [0.15, 0.2) is 17.1 Å². The Labute approximate surface area is 153 Å². The zero-order valence-corrected chi connectivity index (χ0v) is 14.5. The monoisotopic (exact) mass is 375 g/mol. The molecule has 2 aromatic carbocycles. The standard InChI is InChI=1S/C19H16ClF2N3O/c20-11-3-1-10(2-4-11)9-24-18-15(21)17(23)14-13(26)7-8-25(12-5-6-12)19(14)16(18)22/h1-4,7-8,12,24H,5-6,9,23H2. The van der Waals surface area contributed by atoms with Gasteiger partial charge in [0.1, 0.15) is 5.69 Å². The predicted molar refractivity (Wildman–Crippen MR) is 99.6 cm³/mol.